The number of hydrogen-bond acceptors (Lipinski definition) is 4. The van der Waals surface area contributed by atoms with E-state index in [-0.39, 0.29) is 11.6 Å². The smallest absolute Gasteiger partial charge is 0.310 e. The molecule has 3 rings (SSSR count). The van der Waals surface area contributed by atoms with Gasteiger partial charge in [-0.2, -0.15) is 0 Å². The zero-order chi connectivity index (χ0) is 23.3. The van der Waals surface area contributed by atoms with E-state index in [1.807, 2.05) is 19.9 Å². The highest BCUT2D eigenvalue weighted by molar-refractivity contribution is 9.10. The molecule has 0 fully saturated rings. The molecule has 0 spiro atoms. The number of anilines is 2. The van der Waals surface area contributed by atoms with Crippen LogP contribution in [0.2, 0.25) is 0 Å². The van der Waals surface area contributed by atoms with Gasteiger partial charge in [-0.1, -0.05) is 31.6 Å². The first-order valence-corrected chi connectivity index (χ1v) is 12.1. The van der Waals surface area contributed by atoms with Crippen molar-refractivity contribution in [2.75, 3.05) is 10.6 Å². The van der Waals surface area contributed by atoms with Gasteiger partial charge in [0.2, 0.25) is 0 Å². The molecule has 0 radical (unpaired) electrons. The van der Waals surface area contributed by atoms with Crippen LogP contribution in [0.5, 0.6) is 0 Å². The van der Waals surface area contributed by atoms with Crippen molar-refractivity contribution in [3.8, 4) is 0 Å². The second-order valence-corrected chi connectivity index (χ2v) is 10.9. The van der Waals surface area contributed by atoms with Crippen LogP contribution in [0.1, 0.15) is 38.2 Å². The molecular formula is C20H22BrF5N4S. The van der Waals surface area contributed by atoms with Crippen LogP contribution in [-0.2, 0) is 0 Å². The third-order valence-corrected chi connectivity index (χ3v) is 6.30. The molecule has 170 valence electrons. The number of benzene rings is 2. The van der Waals surface area contributed by atoms with E-state index in [9.17, 15) is 19.4 Å². The minimum absolute atomic E-state index is 0.0623. The molecule has 0 aliphatic rings. The molecular weight excluding hydrogens is 503 g/mol. The van der Waals surface area contributed by atoms with E-state index >= 15 is 0 Å². The Balaban J connectivity index is 2.01. The summed E-state index contributed by atoms with van der Waals surface area (Å²) < 4.78 is 66.8. The predicted molar refractivity (Wildman–Crippen MR) is 121 cm³/mol. The number of fused-ring (bicyclic) bond motifs is 1. The molecule has 0 saturated heterocycles. The molecule has 0 aliphatic carbocycles. The van der Waals surface area contributed by atoms with Crippen molar-refractivity contribution in [1.29, 1.82) is 0 Å². The second kappa shape index (κ2) is 7.19. The van der Waals surface area contributed by atoms with Gasteiger partial charge in [-0.3, -0.25) is 0 Å². The summed E-state index contributed by atoms with van der Waals surface area (Å²) in [5.74, 6) is 0.852. The van der Waals surface area contributed by atoms with Crippen LogP contribution in [0.4, 0.5) is 30.9 Å². The summed E-state index contributed by atoms with van der Waals surface area (Å²) >= 11 is 3.50. The van der Waals surface area contributed by atoms with Crippen LogP contribution in [0.15, 0.2) is 45.8 Å². The highest BCUT2D eigenvalue weighted by atomic mass is 79.9. The molecule has 11 heteroatoms. The third kappa shape index (κ3) is 5.57. The molecule has 0 aliphatic heterocycles. The van der Waals surface area contributed by atoms with Crippen molar-refractivity contribution >= 4 is 48.6 Å². The van der Waals surface area contributed by atoms with Crippen molar-refractivity contribution in [3.63, 3.8) is 0 Å². The summed E-state index contributed by atoms with van der Waals surface area (Å²) in [4.78, 5) is 6.89. The monoisotopic (exact) mass is 524 g/mol. The van der Waals surface area contributed by atoms with Crippen LogP contribution < -0.4 is 10.6 Å². The molecule has 1 heterocycles. The third-order valence-electron chi connectivity index (χ3n) is 4.50. The fourth-order valence-electron chi connectivity index (χ4n) is 3.11. The topological polar surface area (TPSA) is 49.8 Å². The first-order valence-electron chi connectivity index (χ1n) is 9.38. The van der Waals surface area contributed by atoms with Gasteiger partial charge in [-0.15, -0.1) is 0 Å². The summed E-state index contributed by atoms with van der Waals surface area (Å²) in [7, 11) is -9.76. The van der Waals surface area contributed by atoms with Crippen molar-refractivity contribution in [3.05, 3.63) is 52.3 Å². The number of nitrogens with one attached hydrogen (secondary N) is 2. The molecule has 31 heavy (non-hydrogen) atoms. The van der Waals surface area contributed by atoms with Gasteiger partial charge in [0.05, 0.1) is 17.2 Å². The molecule has 2 aromatic carbocycles. The fourth-order valence-corrected chi connectivity index (χ4v) is 4.26. The van der Waals surface area contributed by atoms with E-state index in [2.05, 4.69) is 36.5 Å². The number of aryl methyl sites for hydroxylation is 1. The minimum atomic E-state index is -9.76. The maximum Gasteiger partial charge on any atom is 0.310 e. The lowest BCUT2D eigenvalue weighted by molar-refractivity contribution is 0.364. The van der Waals surface area contributed by atoms with Crippen molar-refractivity contribution in [2.24, 2.45) is 0 Å². The van der Waals surface area contributed by atoms with Crippen molar-refractivity contribution < 1.29 is 19.4 Å². The zero-order valence-electron chi connectivity index (χ0n) is 17.2. The highest BCUT2D eigenvalue weighted by Gasteiger charge is 2.65. The number of aromatic nitrogens is 2. The Morgan fingerprint density at radius 2 is 1.61 bits per heavy atom. The number of nitrogens with zero attached hydrogens (tertiary/aromatic N) is 2. The molecule has 1 aromatic heterocycles. The maximum absolute atomic E-state index is 13.2. The molecule has 0 saturated carbocycles. The van der Waals surface area contributed by atoms with Gasteiger partial charge in [-0.25, -0.2) is 9.97 Å². The Morgan fingerprint density at radius 3 is 2.23 bits per heavy atom. The highest BCUT2D eigenvalue weighted by Crippen LogP contribution is 3.02. The SMILES string of the molecule is Cc1nc(N[C@H](C)c2cccc(S(F)(F)(F)(F)F)c2)c2cc(Br)c(NC(C)C)cc2n1. The normalized spacial score (nSPS) is 15.5. The standard InChI is InChI=1S/C20H22BrF5N4S/c1-11(2)27-19-10-18-16(9-17(19)21)20(30-13(4)29-18)28-12(3)14-6-5-7-15(8-14)31(22,23,24,25)26/h5-12,27H,1-4H3,(H,28,29,30)/t12-/m1/s1. The van der Waals surface area contributed by atoms with E-state index in [4.69, 9.17) is 0 Å². The Bertz CT molecular complexity index is 1150. The fraction of sp³-hybridized carbons (Fsp3) is 0.300. The van der Waals surface area contributed by atoms with Gasteiger partial charge in [0.15, 0.2) is 0 Å². The molecule has 1 atom stereocenters. The van der Waals surface area contributed by atoms with Crippen molar-refractivity contribution in [1.82, 2.24) is 9.97 Å². The summed E-state index contributed by atoms with van der Waals surface area (Å²) in [5, 5.41) is 6.98. The second-order valence-electron chi connectivity index (χ2n) is 7.68. The van der Waals surface area contributed by atoms with Crippen LogP contribution in [0.25, 0.3) is 10.9 Å². The molecule has 3 aromatic rings. The van der Waals surface area contributed by atoms with E-state index in [1.165, 1.54) is 6.07 Å². The van der Waals surface area contributed by atoms with Gasteiger partial charge in [0.1, 0.15) is 16.5 Å². The Morgan fingerprint density at radius 1 is 0.935 bits per heavy atom. The first kappa shape index (κ1) is 23.5. The summed E-state index contributed by atoms with van der Waals surface area (Å²) in [6.07, 6.45) is 0. The maximum atomic E-state index is 13.2. The number of rotatable bonds is 6. The predicted octanol–water partition coefficient (Wildman–Crippen LogP) is 8.35. The van der Waals surface area contributed by atoms with Crippen LogP contribution in [-0.4, -0.2) is 16.0 Å². The molecule has 4 nitrogen and oxygen atoms in total. The lowest BCUT2D eigenvalue weighted by Crippen LogP contribution is -2.12. The quantitative estimate of drug-likeness (QED) is 0.318. The number of hydrogen-bond donors (Lipinski definition) is 2. The molecule has 0 unspecified atom stereocenters. The van der Waals surface area contributed by atoms with Crippen molar-refractivity contribution in [2.45, 2.75) is 44.7 Å². The Kier molecular flexibility index (Phi) is 5.46. The lowest BCUT2D eigenvalue weighted by atomic mass is 10.1. The van der Waals surface area contributed by atoms with Gasteiger partial charge in [0.25, 0.3) is 0 Å². The Labute approximate surface area is 185 Å². The summed E-state index contributed by atoms with van der Waals surface area (Å²) in [6, 6.07) is 6.34. The van der Waals surface area contributed by atoms with Gasteiger partial charge in [0, 0.05) is 15.9 Å². The molecule has 0 bridgehead atoms. The largest absolute Gasteiger partial charge is 0.382 e. The van der Waals surface area contributed by atoms with E-state index in [1.54, 1.807) is 19.9 Å². The zero-order valence-corrected chi connectivity index (χ0v) is 19.6. The van der Waals surface area contributed by atoms with Crippen LogP contribution >= 0.6 is 26.2 Å². The van der Waals surface area contributed by atoms with Gasteiger partial charge < -0.3 is 10.6 Å². The van der Waals surface area contributed by atoms with E-state index in [0.717, 1.165) is 16.2 Å². The average Bonchev–Trinajstić information content (AvgIpc) is 2.61. The van der Waals surface area contributed by atoms with E-state index in [0.29, 0.717) is 34.7 Å². The van der Waals surface area contributed by atoms with Crippen LogP contribution in [0.3, 0.4) is 0 Å². The minimum Gasteiger partial charge on any atom is -0.382 e. The number of halogens is 6. The Hall–Kier alpha value is -2.14. The first-order chi connectivity index (χ1) is 14.0. The average molecular weight is 525 g/mol. The van der Waals surface area contributed by atoms with Crippen LogP contribution in [0, 0.1) is 6.92 Å². The lowest BCUT2D eigenvalue weighted by Gasteiger charge is -2.40. The summed E-state index contributed by atoms with van der Waals surface area (Å²) in [6.45, 7) is 7.27. The molecule has 2 N–H and O–H groups in total. The van der Waals surface area contributed by atoms with Gasteiger partial charge >= 0.3 is 10.2 Å². The van der Waals surface area contributed by atoms with E-state index < -0.39 is 21.2 Å². The molecule has 0 amide bonds. The summed E-state index contributed by atoms with van der Waals surface area (Å²) in [5.41, 5.74) is 1.53. The van der Waals surface area contributed by atoms with Gasteiger partial charge in [-0.05, 0) is 73.5 Å².